The molecule has 0 unspecified atom stereocenters. The Morgan fingerprint density at radius 1 is 1.03 bits per heavy atom. The van der Waals surface area contributed by atoms with Crippen molar-refractivity contribution in [3.8, 4) is 11.5 Å². The van der Waals surface area contributed by atoms with Crippen molar-refractivity contribution in [1.29, 1.82) is 0 Å². The van der Waals surface area contributed by atoms with Crippen LogP contribution in [-0.2, 0) is 16.0 Å². The molecular weight excluding hydrogens is 465 g/mol. The van der Waals surface area contributed by atoms with Gasteiger partial charge in [-0.3, -0.25) is 4.79 Å². The number of halogens is 2. The fraction of sp³-hybridized carbons (Fsp3) is 0.120. The molecule has 170 valence electrons. The Hall–Kier alpha value is -3.48. The molecule has 0 aromatic heterocycles. The van der Waals surface area contributed by atoms with Gasteiger partial charge in [-0.1, -0.05) is 47.5 Å². The number of aromatic hydroxyl groups is 1. The number of phenols is 1. The van der Waals surface area contributed by atoms with Crippen LogP contribution in [0, 0.1) is 0 Å². The standard InChI is InChI=1S/C25H21Cl2NO5/c1-32-24(30)11-6-16-4-2-3-5-17(16)12-13-33-23-10-8-19(27)15-21(23)28-25(31)20-14-18(26)7-9-22(20)29/h2-11,14-15,29H,12-13H2,1H3,(H,28,31). The molecule has 0 aliphatic carbocycles. The molecule has 8 heteroatoms. The van der Waals surface area contributed by atoms with Crippen LogP contribution in [0.15, 0.2) is 66.7 Å². The molecular formula is C25H21Cl2NO5. The van der Waals surface area contributed by atoms with E-state index in [9.17, 15) is 14.7 Å². The van der Waals surface area contributed by atoms with Crippen LogP contribution in [-0.4, -0.2) is 30.7 Å². The van der Waals surface area contributed by atoms with E-state index in [-0.39, 0.29) is 11.3 Å². The third kappa shape index (κ3) is 6.75. The quantitative estimate of drug-likeness (QED) is 0.313. The average molecular weight is 486 g/mol. The van der Waals surface area contributed by atoms with Gasteiger partial charge in [0.15, 0.2) is 0 Å². The number of methoxy groups -OCH3 is 1. The molecule has 2 N–H and O–H groups in total. The first kappa shape index (κ1) is 24.2. The summed E-state index contributed by atoms with van der Waals surface area (Å²) in [4.78, 5) is 24.1. The van der Waals surface area contributed by atoms with Crippen molar-refractivity contribution in [2.45, 2.75) is 6.42 Å². The summed E-state index contributed by atoms with van der Waals surface area (Å²) in [5, 5.41) is 13.4. The van der Waals surface area contributed by atoms with Crippen molar-refractivity contribution in [2.75, 3.05) is 19.0 Å². The molecule has 6 nitrogen and oxygen atoms in total. The smallest absolute Gasteiger partial charge is 0.330 e. The van der Waals surface area contributed by atoms with Crippen LogP contribution in [0.5, 0.6) is 11.5 Å². The van der Waals surface area contributed by atoms with Crippen LogP contribution in [0.25, 0.3) is 6.08 Å². The summed E-state index contributed by atoms with van der Waals surface area (Å²) < 4.78 is 10.5. The average Bonchev–Trinajstić information content (AvgIpc) is 2.81. The Balaban J connectivity index is 1.72. The minimum atomic E-state index is -0.555. The number of amides is 1. The molecule has 3 aromatic rings. The fourth-order valence-corrected chi connectivity index (χ4v) is 3.37. The third-order valence-corrected chi connectivity index (χ3v) is 5.15. The number of rotatable bonds is 8. The lowest BCUT2D eigenvalue weighted by atomic mass is 10.0. The van der Waals surface area contributed by atoms with Crippen molar-refractivity contribution in [3.05, 3.63) is 93.5 Å². The van der Waals surface area contributed by atoms with E-state index in [2.05, 4.69) is 10.1 Å². The number of hydrogen-bond acceptors (Lipinski definition) is 5. The van der Waals surface area contributed by atoms with Gasteiger partial charge in [0, 0.05) is 22.5 Å². The van der Waals surface area contributed by atoms with E-state index in [0.717, 1.165) is 11.1 Å². The normalized spacial score (nSPS) is 10.8. The highest BCUT2D eigenvalue weighted by atomic mass is 35.5. The molecule has 0 aliphatic rings. The zero-order valence-electron chi connectivity index (χ0n) is 17.7. The molecule has 1 amide bonds. The minimum absolute atomic E-state index is 0.0275. The number of nitrogens with one attached hydrogen (secondary N) is 1. The predicted molar refractivity (Wildman–Crippen MR) is 129 cm³/mol. The van der Waals surface area contributed by atoms with Gasteiger partial charge in [-0.2, -0.15) is 0 Å². The number of anilines is 1. The van der Waals surface area contributed by atoms with Crippen molar-refractivity contribution in [2.24, 2.45) is 0 Å². The van der Waals surface area contributed by atoms with E-state index in [1.165, 1.54) is 31.4 Å². The molecule has 3 aromatic carbocycles. The zero-order valence-corrected chi connectivity index (χ0v) is 19.2. The summed E-state index contributed by atoms with van der Waals surface area (Å²) in [5.74, 6) is -0.774. The molecule has 0 heterocycles. The topological polar surface area (TPSA) is 84.9 Å². The maximum Gasteiger partial charge on any atom is 0.330 e. The molecule has 0 saturated carbocycles. The largest absolute Gasteiger partial charge is 0.507 e. The molecule has 0 saturated heterocycles. The summed E-state index contributed by atoms with van der Waals surface area (Å²) in [6, 6.07) is 16.7. The molecule has 3 rings (SSSR count). The Labute approximate surface area is 201 Å². The summed E-state index contributed by atoms with van der Waals surface area (Å²) in [6.45, 7) is 0.302. The second-order valence-corrected chi connectivity index (χ2v) is 7.78. The number of phenolic OH excluding ortho intramolecular Hbond substituents is 1. The monoisotopic (exact) mass is 485 g/mol. The Bertz CT molecular complexity index is 1190. The first-order valence-electron chi connectivity index (χ1n) is 9.93. The predicted octanol–water partition coefficient (Wildman–Crippen LogP) is 5.76. The van der Waals surface area contributed by atoms with Crippen LogP contribution in [0.2, 0.25) is 10.0 Å². The molecule has 0 radical (unpaired) electrons. The lowest BCUT2D eigenvalue weighted by Gasteiger charge is -2.14. The molecule has 0 spiro atoms. The lowest BCUT2D eigenvalue weighted by Crippen LogP contribution is -2.14. The van der Waals surface area contributed by atoms with E-state index >= 15 is 0 Å². The van der Waals surface area contributed by atoms with Gasteiger partial charge in [-0.15, -0.1) is 0 Å². The highest BCUT2D eigenvalue weighted by Crippen LogP contribution is 2.30. The number of carbonyl (C=O) groups is 2. The second-order valence-electron chi connectivity index (χ2n) is 6.91. The van der Waals surface area contributed by atoms with E-state index in [1.807, 2.05) is 24.3 Å². The fourth-order valence-electron chi connectivity index (χ4n) is 3.03. The Morgan fingerprint density at radius 2 is 1.76 bits per heavy atom. The molecule has 0 atom stereocenters. The van der Waals surface area contributed by atoms with Crippen LogP contribution in [0.1, 0.15) is 21.5 Å². The van der Waals surface area contributed by atoms with Gasteiger partial charge in [-0.05, 0) is 53.6 Å². The van der Waals surface area contributed by atoms with Gasteiger partial charge in [0.05, 0.1) is 25.0 Å². The van der Waals surface area contributed by atoms with Crippen molar-refractivity contribution >= 4 is 46.8 Å². The van der Waals surface area contributed by atoms with Gasteiger partial charge in [0.25, 0.3) is 5.91 Å². The van der Waals surface area contributed by atoms with E-state index in [4.69, 9.17) is 27.9 Å². The van der Waals surface area contributed by atoms with Crippen molar-refractivity contribution < 1.29 is 24.2 Å². The second kappa shape index (κ2) is 11.4. The molecule has 0 fully saturated rings. The number of benzene rings is 3. The first-order chi connectivity index (χ1) is 15.9. The molecule has 0 bridgehead atoms. The first-order valence-corrected chi connectivity index (χ1v) is 10.7. The number of hydrogen-bond donors (Lipinski definition) is 2. The minimum Gasteiger partial charge on any atom is -0.507 e. The molecule has 0 aliphatic heterocycles. The van der Waals surface area contributed by atoms with E-state index in [0.29, 0.717) is 34.5 Å². The maximum atomic E-state index is 12.7. The van der Waals surface area contributed by atoms with Crippen LogP contribution >= 0.6 is 23.2 Å². The highest BCUT2D eigenvalue weighted by molar-refractivity contribution is 6.31. The van der Waals surface area contributed by atoms with Gasteiger partial charge >= 0.3 is 5.97 Å². The van der Waals surface area contributed by atoms with E-state index < -0.39 is 11.9 Å². The number of carbonyl (C=O) groups excluding carboxylic acids is 2. The summed E-state index contributed by atoms with van der Waals surface area (Å²) >= 11 is 12.0. The van der Waals surface area contributed by atoms with Gasteiger partial charge in [-0.25, -0.2) is 4.79 Å². The van der Waals surface area contributed by atoms with Crippen molar-refractivity contribution in [3.63, 3.8) is 0 Å². The Morgan fingerprint density at radius 3 is 2.55 bits per heavy atom. The van der Waals surface area contributed by atoms with Gasteiger partial charge < -0.3 is 19.9 Å². The van der Waals surface area contributed by atoms with E-state index in [1.54, 1.807) is 24.3 Å². The van der Waals surface area contributed by atoms with Gasteiger partial charge in [0.1, 0.15) is 11.5 Å². The lowest BCUT2D eigenvalue weighted by molar-refractivity contribution is -0.134. The zero-order chi connectivity index (χ0) is 23.8. The SMILES string of the molecule is COC(=O)C=Cc1ccccc1CCOc1ccc(Cl)cc1NC(=O)c1cc(Cl)ccc1O. The summed E-state index contributed by atoms with van der Waals surface area (Å²) in [7, 11) is 1.32. The van der Waals surface area contributed by atoms with Crippen LogP contribution in [0.3, 0.4) is 0 Å². The Kier molecular flexibility index (Phi) is 8.35. The molecule has 33 heavy (non-hydrogen) atoms. The van der Waals surface area contributed by atoms with Crippen molar-refractivity contribution in [1.82, 2.24) is 0 Å². The van der Waals surface area contributed by atoms with Crippen LogP contribution in [0.4, 0.5) is 5.69 Å². The summed E-state index contributed by atoms with van der Waals surface area (Å²) in [5.41, 5.74) is 2.22. The summed E-state index contributed by atoms with van der Waals surface area (Å²) in [6.07, 6.45) is 3.59. The third-order valence-electron chi connectivity index (χ3n) is 4.68. The highest BCUT2D eigenvalue weighted by Gasteiger charge is 2.15. The van der Waals surface area contributed by atoms with Crippen LogP contribution < -0.4 is 10.1 Å². The number of ether oxygens (including phenoxy) is 2. The van der Waals surface area contributed by atoms with Gasteiger partial charge in [0.2, 0.25) is 0 Å². The number of esters is 1. The maximum absolute atomic E-state index is 12.7.